The Bertz CT molecular complexity index is 488. The van der Waals surface area contributed by atoms with E-state index in [2.05, 4.69) is 27.9 Å². The molecule has 0 N–H and O–H groups in total. The Hall–Kier alpha value is -0.740. The van der Waals surface area contributed by atoms with E-state index in [-0.39, 0.29) is 0 Å². The van der Waals surface area contributed by atoms with Gasteiger partial charge in [-0.05, 0) is 23.0 Å². The first-order chi connectivity index (χ1) is 8.75. The summed E-state index contributed by atoms with van der Waals surface area (Å²) < 4.78 is 12.9. The van der Waals surface area contributed by atoms with Gasteiger partial charge in [-0.15, -0.1) is 0 Å². The quantitative estimate of drug-likeness (QED) is 0.795. The van der Waals surface area contributed by atoms with Gasteiger partial charge in [-0.25, -0.2) is 0 Å². The van der Waals surface area contributed by atoms with Crippen molar-refractivity contribution >= 4 is 15.9 Å². The Kier molecular flexibility index (Phi) is 2.39. The van der Waals surface area contributed by atoms with Gasteiger partial charge in [-0.1, -0.05) is 0 Å². The number of benzene rings is 1. The van der Waals surface area contributed by atoms with Crippen molar-refractivity contribution in [3.63, 3.8) is 0 Å². The number of ether oxygens (including phenoxy) is 2. The molecule has 18 heavy (non-hydrogen) atoms. The highest BCUT2D eigenvalue weighted by Gasteiger charge is 2.37. The van der Waals surface area contributed by atoms with Crippen molar-refractivity contribution in [2.45, 2.75) is 18.8 Å². The molecule has 0 aliphatic carbocycles. The minimum atomic E-state index is 0.630. The van der Waals surface area contributed by atoms with Crippen molar-refractivity contribution in [1.29, 1.82) is 0 Å². The van der Waals surface area contributed by atoms with Crippen molar-refractivity contribution in [2.75, 3.05) is 33.4 Å². The second kappa shape index (κ2) is 3.87. The summed E-state index contributed by atoms with van der Waals surface area (Å²) in [5.74, 6) is 2.87. The molecule has 0 unspecified atom stereocenters. The molecule has 1 fully saturated rings. The molecule has 3 aliphatic rings. The molecule has 3 nitrogen and oxygen atoms in total. The summed E-state index contributed by atoms with van der Waals surface area (Å²) in [5, 5.41) is 0. The summed E-state index contributed by atoms with van der Waals surface area (Å²) in [5.41, 5.74) is 4.15. The molecule has 4 heteroatoms. The Morgan fingerprint density at radius 1 is 1.06 bits per heavy atom. The summed E-state index contributed by atoms with van der Waals surface area (Å²) in [6.07, 6.45) is 2.03. The molecule has 0 radical (unpaired) electrons. The van der Waals surface area contributed by atoms with Crippen molar-refractivity contribution < 1.29 is 9.47 Å². The Morgan fingerprint density at radius 2 is 1.72 bits per heavy atom. The van der Waals surface area contributed by atoms with Crippen LogP contribution >= 0.6 is 15.9 Å². The van der Waals surface area contributed by atoms with Crippen LogP contribution in [-0.2, 0) is 12.8 Å². The van der Waals surface area contributed by atoms with Gasteiger partial charge in [0, 0.05) is 48.5 Å². The van der Waals surface area contributed by atoms with Crippen LogP contribution in [0.25, 0.3) is 0 Å². The van der Waals surface area contributed by atoms with Crippen LogP contribution < -0.4 is 9.47 Å². The van der Waals surface area contributed by atoms with E-state index in [0.717, 1.165) is 55.1 Å². The van der Waals surface area contributed by atoms with Gasteiger partial charge in [-0.3, -0.25) is 0 Å². The lowest BCUT2D eigenvalue weighted by molar-refractivity contribution is 0.185. The maximum atomic E-state index is 5.92. The zero-order valence-electron chi connectivity index (χ0n) is 10.5. The lowest BCUT2D eigenvalue weighted by Crippen LogP contribution is -2.42. The number of likely N-dealkylation sites (tertiary alicyclic amines) is 1. The molecule has 3 aliphatic heterocycles. The highest BCUT2D eigenvalue weighted by molar-refractivity contribution is 9.10. The van der Waals surface area contributed by atoms with Gasteiger partial charge in [0.25, 0.3) is 0 Å². The summed E-state index contributed by atoms with van der Waals surface area (Å²) in [6, 6.07) is 0. The molecule has 0 spiro atoms. The number of nitrogens with zero attached hydrogens (tertiary/aromatic N) is 1. The van der Waals surface area contributed by atoms with Crippen LogP contribution in [0.3, 0.4) is 0 Å². The van der Waals surface area contributed by atoms with Crippen LogP contribution in [0.15, 0.2) is 4.47 Å². The van der Waals surface area contributed by atoms with E-state index in [1.807, 2.05) is 0 Å². The van der Waals surface area contributed by atoms with Gasteiger partial charge in [-0.2, -0.15) is 0 Å². The predicted octanol–water partition coefficient (Wildman–Crippen LogP) is 2.35. The van der Waals surface area contributed by atoms with Gasteiger partial charge < -0.3 is 14.4 Å². The van der Waals surface area contributed by atoms with Crippen LogP contribution in [0.1, 0.15) is 22.6 Å². The number of hydrogen-bond acceptors (Lipinski definition) is 3. The average Bonchev–Trinajstić information content (AvgIpc) is 2.94. The summed E-state index contributed by atoms with van der Waals surface area (Å²) in [7, 11) is 2.17. The van der Waals surface area contributed by atoms with E-state index >= 15 is 0 Å². The zero-order chi connectivity index (χ0) is 12.3. The second-order valence-corrected chi connectivity index (χ2v) is 6.25. The molecule has 0 bridgehead atoms. The fraction of sp³-hybridized carbons (Fsp3) is 0.571. The van der Waals surface area contributed by atoms with Crippen LogP contribution in [0.2, 0.25) is 0 Å². The number of rotatable bonds is 1. The first-order valence-electron chi connectivity index (χ1n) is 6.57. The summed E-state index contributed by atoms with van der Waals surface area (Å²) in [4.78, 5) is 2.36. The van der Waals surface area contributed by atoms with Gasteiger partial charge >= 0.3 is 0 Å². The molecule has 96 valence electrons. The highest BCUT2D eigenvalue weighted by Crippen LogP contribution is 2.50. The maximum Gasteiger partial charge on any atom is 0.137 e. The maximum absolute atomic E-state index is 5.92. The summed E-state index contributed by atoms with van der Waals surface area (Å²) in [6.45, 7) is 3.91. The van der Waals surface area contributed by atoms with Crippen LogP contribution in [0.5, 0.6) is 11.5 Å². The predicted molar refractivity (Wildman–Crippen MR) is 72.8 cm³/mol. The van der Waals surface area contributed by atoms with Crippen LogP contribution in [0, 0.1) is 0 Å². The van der Waals surface area contributed by atoms with Crippen molar-refractivity contribution in [1.82, 2.24) is 4.90 Å². The molecule has 1 saturated heterocycles. The van der Waals surface area contributed by atoms with Crippen LogP contribution in [-0.4, -0.2) is 38.3 Å². The van der Waals surface area contributed by atoms with Gasteiger partial charge in [0.15, 0.2) is 0 Å². The average molecular weight is 310 g/mol. The standard InChI is InChI=1S/C14H16BrNO2/c1-16-6-8(7-16)11-9-2-4-18-14(9)12(15)10-3-5-17-13(10)11/h8H,2-7H2,1H3. The Labute approximate surface area is 115 Å². The van der Waals surface area contributed by atoms with E-state index < -0.39 is 0 Å². The number of halogens is 1. The lowest BCUT2D eigenvalue weighted by atomic mass is 9.85. The SMILES string of the molecule is CN1CC(c2c3c(c(Br)c4c2OCC4)OCC3)C1. The third-order valence-electron chi connectivity index (χ3n) is 4.25. The Balaban J connectivity index is 1.90. The van der Waals surface area contributed by atoms with E-state index in [9.17, 15) is 0 Å². The molecule has 0 aromatic heterocycles. The molecule has 1 aromatic rings. The van der Waals surface area contributed by atoms with E-state index in [1.54, 1.807) is 0 Å². The van der Waals surface area contributed by atoms with Gasteiger partial charge in [0.05, 0.1) is 17.7 Å². The fourth-order valence-corrected chi connectivity index (χ4v) is 4.13. The zero-order valence-corrected chi connectivity index (χ0v) is 12.0. The third kappa shape index (κ3) is 1.39. The third-order valence-corrected chi connectivity index (χ3v) is 5.09. The van der Waals surface area contributed by atoms with Crippen molar-refractivity contribution in [3.05, 3.63) is 21.2 Å². The molecule has 3 heterocycles. The van der Waals surface area contributed by atoms with Crippen LogP contribution in [0.4, 0.5) is 0 Å². The molecular weight excluding hydrogens is 294 g/mol. The molecule has 0 amide bonds. The number of fused-ring (bicyclic) bond motifs is 2. The molecule has 0 saturated carbocycles. The fourth-order valence-electron chi connectivity index (χ4n) is 3.40. The van der Waals surface area contributed by atoms with Crippen molar-refractivity contribution in [3.8, 4) is 11.5 Å². The van der Waals surface area contributed by atoms with Gasteiger partial charge in [0.1, 0.15) is 11.5 Å². The first-order valence-corrected chi connectivity index (χ1v) is 7.36. The summed E-state index contributed by atoms with van der Waals surface area (Å²) >= 11 is 3.70. The molecular formula is C14H16BrNO2. The molecule has 1 aromatic carbocycles. The lowest BCUT2D eigenvalue weighted by Gasteiger charge is -2.38. The smallest absolute Gasteiger partial charge is 0.137 e. The topological polar surface area (TPSA) is 21.7 Å². The Morgan fingerprint density at radius 3 is 2.44 bits per heavy atom. The minimum absolute atomic E-state index is 0.630. The molecule has 0 atom stereocenters. The highest BCUT2D eigenvalue weighted by atomic mass is 79.9. The monoisotopic (exact) mass is 309 g/mol. The number of hydrogen-bond donors (Lipinski definition) is 0. The number of likely N-dealkylation sites (N-methyl/N-ethyl adjacent to an activating group) is 1. The van der Waals surface area contributed by atoms with Crippen molar-refractivity contribution in [2.24, 2.45) is 0 Å². The van der Waals surface area contributed by atoms with E-state index in [0.29, 0.717) is 5.92 Å². The molecule has 4 rings (SSSR count). The first kappa shape index (κ1) is 11.1. The van der Waals surface area contributed by atoms with E-state index in [1.165, 1.54) is 16.7 Å². The minimum Gasteiger partial charge on any atom is -0.493 e. The second-order valence-electron chi connectivity index (χ2n) is 5.46. The normalized spacial score (nSPS) is 22.1. The van der Waals surface area contributed by atoms with Gasteiger partial charge in [0.2, 0.25) is 0 Å². The van der Waals surface area contributed by atoms with E-state index in [4.69, 9.17) is 9.47 Å². The largest absolute Gasteiger partial charge is 0.493 e.